The van der Waals surface area contributed by atoms with E-state index in [1.54, 1.807) is 0 Å². The summed E-state index contributed by atoms with van der Waals surface area (Å²) in [5.41, 5.74) is 0.251. The zero-order valence-corrected chi connectivity index (χ0v) is 12.6. The molecule has 0 atom stereocenters. The van der Waals surface area contributed by atoms with Crippen molar-refractivity contribution in [2.75, 3.05) is 5.32 Å². The number of hydrogen-bond donors (Lipinski definition) is 1. The molecule has 0 heterocycles. The number of nitrogens with one attached hydrogen (secondary N) is 1. The first kappa shape index (κ1) is 14.9. The zero-order chi connectivity index (χ0) is 14.9. The lowest BCUT2D eigenvalue weighted by Gasteiger charge is -2.08. The van der Waals surface area contributed by atoms with Crippen LogP contribution in [-0.2, 0) is 0 Å². The summed E-state index contributed by atoms with van der Waals surface area (Å²) in [5, 5.41) is 2.78. The molecule has 0 spiro atoms. The van der Waals surface area contributed by atoms with Crippen LogP contribution in [0.4, 0.5) is 14.5 Å². The molecule has 2 aromatic carbocycles. The Morgan fingerprint density at radius 1 is 1.20 bits per heavy atom. The number of carbonyl (C=O) groups excluding carboxylic acids is 1. The highest BCUT2D eigenvalue weighted by atomic mass is 79.9. The Labute approximate surface area is 127 Å². The van der Waals surface area contributed by atoms with Crippen LogP contribution in [0.25, 0.3) is 0 Å². The summed E-state index contributed by atoms with van der Waals surface area (Å²) in [4.78, 5) is 12.0. The van der Waals surface area contributed by atoms with Crippen molar-refractivity contribution in [3.63, 3.8) is 0 Å². The lowest BCUT2D eigenvalue weighted by molar-refractivity contribution is 0.102. The van der Waals surface area contributed by atoms with Gasteiger partial charge in [-0.2, -0.15) is 0 Å². The Balaban J connectivity index is 2.27. The smallest absolute Gasteiger partial charge is 0.255 e. The maximum atomic E-state index is 13.6. The molecule has 0 fully saturated rings. The average Bonchev–Trinajstić information content (AvgIpc) is 2.39. The highest BCUT2D eigenvalue weighted by Gasteiger charge is 2.13. The number of hydrogen-bond acceptors (Lipinski definition) is 1. The number of benzene rings is 2. The van der Waals surface area contributed by atoms with Crippen molar-refractivity contribution >= 4 is 39.1 Å². The van der Waals surface area contributed by atoms with Crippen LogP contribution < -0.4 is 5.32 Å². The fourth-order valence-corrected chi connectivity index (χ4v) is 2.07. The fraction of sp³-hybridized carbons (Fsp3) is 0.0714. The molecule has 0 bridgehead atoms. The molecule has 0 aromatic heterocycles. The topological polar surface area (TPSA) is 29.1 Å². The average molecular weight is 361 g/mol. The number of anilines is 1. The summed E-state index contributed by atoms with van der Waals surface area (Å²) in [6, 6.07) is 6.51. The van der Waals surface area contributed by atoms with E-state index in [0.29, 0.717) is 9.50 Å². The van der Waals surface area contributed by atoms with Crippen LogP contribution in [0, 0.1) is 18.6 Å². The first-order valence-electron chi connectivity index (χ1n) is 5.60. The van der Waals surface area contributed by atoms with Gasteiger partial charge < -0.3 is 5.32 Å². The Hall–Kier alpha value is -1.46. The van der Waals surface area contributed by atoms with E-state index in [1.165, 1.54) is 25.1 Å². The highest BCUT2D eigenvalue weighted by Crippen LogP contribution is 2.24. The summed E-state index contributed by atoms with van der Waals surface area (Å²) in [7, 11) is 0. The van der Waals surface area contributed by atoms with Gasteiger partial charge in [-0.15, -0.1) is 0 Å². The Bertz CT molecular complexity index is 691. The molecule has 20 heavy (non-hydrogen) atoms. The van der Waals surface area contributed by atoms with E-state index in [2.05, 4.69) is 21.2 Å². The molecule has 2 rings (SSSR count). The Kier molecular flexibility index (Phi) is 4.40. The quantitative estimate of drug-likeness (QED) is 0.807. The SMILES string of the molecule is Cc1cc(F)c(NC(=O)c2ccc(Cl)c(Br)c2)cc1F. The van der Waals surface area contributed by atoms with Crippen LogP contribution in [0.15, 0.2) is 34.8 Å². The molecule has 0 saturated carbocycles. The largest absolute Gasteiger partial charge is 0.319 e. The van der Waals surface area contributed by atoms with Crippen LogP contribution in [0.1, 0.15) is 15.9 Å². The summed E-state index contributed by atoms with van der Waals surface area (Å²) in [6.07, 6.45) is 0. The second-order valence-electron chi connectivity index (χ2n) is 4.16. The zero-order valence-electron chi connectivity index (χ0n) is 10.3. The molecule has 2 aromatic rings. The van der Waals surface area contributed by atoms with Crippen molar-refractivity contribution in [1.29, 1.82) is 0 Å². The van der Waals surface area contributed by atoms with Gasteiger partial charge in [-0.1, -0.05) is 11.6 Å². The minimum absolute atomic E-state index is 0.176. The van der Waals surface area contributed by atoms with Gasteiger partial charge in [0.25, 0.3) is 5.91 Å². The summed E-state index contributed by atoms with van der Waals surface area (Å²) < 4.78 is 27.6. The van der Waals surface area contributed by atoms with Crippen molar-refractivity contribution < 1.29 is 13.6 Å². The molecular formula is C14H9BrClF2NO. The lowest BCUT2D eigenvalue weighted by atomic mass is 10.1. The minimum atomic E-state index is -0.690. The molecule has 0 aliphatic heterocycles. The predicted octanol–water partition coefficient (Wildman–Crippen LogP) is 4.94. The maximum Gasteiger partial charge on any atom is 0.255 e. The monoisotopic (exact) mass is 359 g/mol. The van der Waals surface area contributed by atoms with Gasteiger partial charge in [0.2, 0.25) is 0 Å². The third-order valence-corrected chi connectivity index (χ3v) is 3.89. The molecule has 2 nitrogen and oxygen atoms in total. The van der Waals surface area contributed by atoms with Gasteiger partial charge in [0, 0.05) is 16.1 Å². The molecular weight excluding hydrogens is 352 g/mol. The molecule has 0 unspecified atom stereocenters. The van der Waals surface area contributed by atoms with Gasteiger partial charge in [0.05, 0.1) is 10.7 Å². The summed E-state index contributed by atoms with van der Waals surface area (Å²) in [6.45, 7) is 1.44. The maximum absolute atomic E-state index is 13.6. The van der Waals surface area contributed by atoms with E-state index >= 15 is 0 Å². The molecule has 1 amide bonds. The van der Waals surface area contributed by atoms with E-state index < -0.39 is 17.5 Å². The molecule has 6 heteroatoms. The summed E-state index contributed by atoms with van der Waals surface area (Å²) in [5.74, 6) is -1.83. The number of amides is 1. The number of halogens is 4. The third-order valence-electron chi connectivity index (χ3n) is 2.68. The van der Waals surface area contributed by atoms with Crippen LogP contribution in [0.5, 0.6) is 0 Å². The molecule has 104 valence electrons. The second-order valence-corrected chi connectivity index (χ2v) is 5.43. The first-order valence-corrected chi connectivity index (χ1v) is 6.77. The van der Waals surface area contributed by atoms with Crippen LogP contribution in [0.2, 0.25) is 5.02 Å². The lowest BCUT2D eigenvalue weighted by Crippen LogP contribution is -2.13. The van der Waals surface area contributed by atoms with E-state index in [-0.39, 0.29) is 16.8 Å². The number of aryl methyl sites for hydroxylation is 1. The van der Waals surface area contributed by atoms with E-state index in [0.717, 1.165) is 12.1 Å². The Morgan fingerprint density at radius 3 is 2.55 bits per heavy atom. The number of rotatable bonds is 2. The normalized spacial score (nSPS) is 10.4. The molecule has 0 aliphatic rings. The Morgan fingerprint density at radius 2 is 1.90 bits per heavy atom. The fourth-order valence-electron chi connectivity index (χ4n) is 1.57. The predicted molar refractivity (Wildman–Crippen MR) is 78.2 cm³/mol. The van der Waals surface area contributed by atoms with Crippen LogP contribution in [-0.4, -0.2) is 5.91 Å². The van der Waals surface area contributed by atoms with Crippen LogP contribution in [0.3, 0.4) is 0 Å². The van der Waals surface area contributed by atoms with Gasteiger partial charge in [0.1, 0.15) is 11.6 Å². The van der Waals surface area contributed by atoms with Gasteiger partial charge in [-0.3, -0.25) is 4.79 Å². The van der Waals surface area contributed by atoms with Gasteiger partial charge in [-0.05, 0) is 52.7 Å². The van der Waals surface area contributed by atoms with Crippen molar-refractivity contribution in [3.05, 3.63) is 62.6 Å². The highest BCUT2D eigenvalue weighted by molar-refractivity contribution is 9.10. The van der Waals surface area contributed by atoms with Crippen molar-refractivity contribution in [2.45, 2.75) is 6.92 Å². The van der Waals surface area contributed by atoms with Crippen LogP contribution >= 0.6 is 27.5 Å². The third kappa shape index (κ3) is 3.16. The number of carbonyl (C=O) groups is 1. The van der Waals surface area contributed by atoms with Gasteiger partial charge in [-0.25, -0.2) is 8.78 Å². The van der Waals surface area contributed by atoms with Gasteiger partial charge >= 0.3 is 0 Å². The molecule has 1 N–H and O–H groups in total. The molecule has 0 aliphatic carbocycles. The summed E-state index contributed by atoms with van der Waals surface area (Å²) >= 11 is 9.01. The van der Waals surface area contributed by atoms with E-state index in [9.17, 15) is 13.6 Å². The van der Waals surface area contributed by atoms with E-state index in [4.69, 9.17) is 11.6 Å². The molecule has 0 saturated heterocycles. The first-order chi connectivity index (χ1) is 9.38. The van der Waals surface area contributed by atoms with Crippen molar-refractivity contribution in [2.24, 2.45) is 0 Å². The van der Waals surface area contributed by atoms with Gasteiger partial charge in [0.15, 0.2) is 0 Å². The molecule has 0 radical (unpaired) electrons. The van der Waals surface area contributed by atoms with Crippen molar-refractivity contribution in [1.82, 2.24) is 0 Å². The second kappa shape index (κ2) is 5.89. The van der Waals surface area contributed by atoms with E-state index in [1.807, 2.05) is 0 Å². The van der Waals surface area contributed by atoms with Crippen molar-refractivity contribution in [3.8, 4) is 0 Å². The standard InChI is InChI=1S/C14H9BrClF2NO/c1-7-4-12(18)13(6-11(7)17)19-14(20)8-2-3-10(16)9(15)5-8/h2-6H,1H3,(H,19,20). The minimum Gasteiger partial charge on any atom is -0.319 e.